The highest BCUT2D eigenvalue weighted by Gasteiger charge is 2.34. The summed E-state index contributed by atoms with van der Waals surface area (Å²) in [5.74, 6) is 0.931. The van der Waals surface area contributed by atoms with E-state index in [9.17, 15) is 0 Å². The van der Waals surface area contributed by atoms with Crippen LogP contribution in [-0.2, 0) is 0 Å². The molecular formula is C14H28N2. The van der Waals surface area contributed by atoms with Crippen LogP contribution in [-0.4, -0.2) is 37.6 Å². The van der Waals surface area contributed by atoms with Gasteiger partial charge in [-0.25, -0.2) is 0 Å². The smallest absolute Gasteiger partial charge is 0.00390 e. The lowest BCUT2D eigenvalue weighted by atomic mass is 9.75. The zero-order valence-electron chi connectivity index (χ0n) is 11.1. The van der Waals surface area contributed by atoms with Gasteiger partial charge in [-0.15, -0.1) is 0 Å². The molecule has 16 heavy (non-hydrogen) atoms. The first-order valence-corrected chi connectivity index (χ1v) is 7.17. The van der Waals surface area contributed by atoms with Crippen LogP contribution in [0, 0.1) is 11.3 Å². The second kappa shape index (κ2) is 5.50. The van der Waals surface area contributed by atoms with E-state index in [2.05, 4.69) is 24.1 Å². The summed E-state index contributed by atoms with van der Waals surface area (Å²) in [6.07, 6.45) is 6.99. The summed E-state index contributed by atoms with van der Waals surface area (Å²) in [5.41, 5.74) is 0.643. The molecule has 2 aliphatic rings. The summed E-state index contributed by atoms with van der Waals surface area (Å²) in [6.45, 7) is 11.3. The van der Waals surface area contributed by atoms with Crippen LogP contribution in [0.2, 0.25) is 0 Å². The molecule has 1 unspecified atom stereocenters. The van der Waals surface area contributed by atoms with Crippen molar-refractivity contribution in [2.75, 3.05) is 32.7 Å². The molecule has 2 heterocycles. The highest BCUT2D eigenvalue weighted by atomic mass is 15.2. The van der Waals surface area contributed by atoms with Crippen LogP contribution < -0.4 is 5.32 Å². The van der Waals surface area contributed by atoms with Gasteiger partial charge in [0.2, 0.25) is 0 Å². The van der Waals surface area contributed by atoms with E-state index >= 15 is 0 Å². The number of nitrogens with one attached hydrogen (secondary N) is 1. The molecule has 2 aliphatic heterocycles. The number of rotatable bonds is 4. The highest BCUT2D eigenvalue weighted by molar-refractivity contribution is 4.89. The van der Waals surface area contributed by atoms with E-state index in [4.69, 9.17) is 0 Å². The molecular weight excluding hydrogens is 196 g/mol. The van der Waals surface area contributed by atoms with E-state index in [1.54, 1.807) is 0 Å². The maximum absolute atomic E-state index is 3.51. The van der Waals surface area contributed by atoms with Crippen molar-refractivity contribution in [3.8, 4) is 0 Å². The van der Waals surface area contributed by atoms with E-state index in [1.165, 1.54) is 64.8 Å². The van der Waals surface area contributed by atoms with Gasteiger partial charge in [0.05, 0.1) is 0 Å². The van der Waals surface area contributed by atoms with E-state index in [0.29, 0.717) is 5.41 Å². The first-order chi connectivity index (χ1) is 7.74. The third-order valence-electron chi connectivity index (χ3n) is 4.51. The van der Waals surface area contributed by atoms with Gasteiger partial charge < -0.3 is 10.2 Å². The molecule has 1 atom stereocenters. The van der Waals surface area contributed by atoms with Gasteiger partial charge in [-0.1, -0.05) is 20.3 Å². The molecule has 0 bridgehead atoms. The Balaban J connectivity index is 1.91. The Bertz CT molecular complexity index is 203. The zero-order chi connectivity index (χ0) is 11.4. The Morgan fingerprint density at radius 1 is 1.31 bits per heavy atom. The first kappa shape index (κ1) is 12.4. The minimum atomic E-state index is 0.643. The number of hydrogen-bond donors (Lipinski definition) is 1. The Hall–Kier alpha value is -0.0800. The molecule has 0 radical (unpaired) electrons. The van der Waals surface area contributed by atoms with Crippen molar-refractivity contribution < 1.29 is 0 Å². The van der Waals surface area contributed by atoms with Crippen molar-refractivity contribution >= 4 is 0 Å². The summed E-state index contributed by atoms with van der Waals surface area (Å²) in [7, 11) is 0. The Morgan fingerprint density at radius 3 is 2.62 bits per heavy atom. The van der Waals surface area contributed by atoms with Crippen molar-refractivity contribution in [2.45, 2.75) is 46.0 Å². The molecule has 2 saturated heterocycles. The molecule has 1 N–H and O–H groups in total. The lowest BCUT2D eigenvalue weighted by molar-refractivity contribution is 0.113. The van der Waals surface area contributed by atoms with E-state index in [1.807, 2.05) is 0 Å². The second-order valence-electron chi connectivity index (χ2n) is 6.13. The summed E-state index contributed by atoms with van der Waals surface area (Å²) in [6, 6.07) is 0. The van der Waals surface area contributed by atoms with Gasteiger partial charge in [0.1, 0.15) is 0 Å². The number of piperidine rings is 1. The van der Waals surface area contributed by atoms with Gasteiger partial charge in [0, 0.05) is 13.1 Å². The molecule has 0 aromatic carbocycles. The molecule has 0 aromatic heterocycles. The zero-order valence-corrected chi connectivity index (χ0v) is 11.1. The van der Waals surface area contributed by atoms with Gasteiger partial charge in [-0.05, 0) is 56.7 Å². The third-order valence-corrected chi connectivity index (χ3v) is 4.51. The quantitative estimate of drug-likeness (QED) is 0.789. The Morgan fingerprint density at radius 2 is 2.06 bits per heavy atom. The molecule has 94 valence electrons. The lowest BCUT2D eigenvalue weighted by Gasteiger charge is -2.40. The van der Waals surface area contributed by atoms with Crippen LogP contribution in [0.3, 0.4) is 0 Å². The average Bonchev–Trinajstić information content (AvgIpc) is 2.65. The van der Waals surface area contributed by atoms with Gasteiger partial charge in [-0.3, -0.25) is 0 Å². The van der Waals surface area contributed by atoms with Gasteiger partial charge in [0.25, 0.3) is 0 Å². The molecule has 2 heteroatoms. The van der Waals surface area contributed by atoms with Crippen LogP contribution in [0.15, 0.2) is 0 Å². The predicted octanol–water partition coefficient (Wildman–Crippen LogP) is 2.50. The molecule has 0 saturated carbocycles. The maximum Gasteiger partial charge on any atom is 0.00390 e. The Kier molecular flexibility index (Phi) is 4.26. The van der Waals surface area contributed by atoms with Crippen LogP contribution in [0.4, 0.5) is 0 Å². The van der Waals surface area contributed by atoms with Crippen LogP contribution >= 0.6 is 0 Å². The summed E-state index contributed by atoms with van der Waals surface area (Å²) >= 11 is 0. The van der Waals surface area contributed by atoms with Crippen molar-refractivity contribution in [1.82, 2.24) is 10.2 Å². The largest absolute Gasteiger partial charge is 0.317 e. The molecule has 0 aromatic rings. The topological polar surface area (TPSA) is 15.3 Å². The van der Waals surface area contributed by atoms with E-state index in [-0.39, 0.29) is 0 Å². The Labute approximate surface area is 101 Å². The van der Waals surface area contributed by atoms with Crippen molar-refractivity contribution in [1.29, 1.82) is 0 Å². The number of hydrogen-bond acceptors (Lipinski definition) is 2. The normalized spacial score (nSPS) is 30.8. The van der Waals surface area contributed by atoms with Crippen molar-refractivity contribution in [3.05, 3.63) is 0 Å². The molecule has 0 spiro atoms. The van der Waals surface area contributed by atoms with Gasteiger partial charge >= 0.3 is 0 Å². The summed E-state index contributed by atoms with van der Waals surface area (Å²) in [4.78, 5) is 2.73. The highest BCUT2D eigenvalue weighted by Crippen LogP contribution is 2.36. The molecule has 2 fully saturated rings. The fourth-order valence-electron chi connectivity index (χ4n) is 3.62. The molecule has 2 rings (SSSR count). The minimum absolute atomic E-state index is 0.643. The minimum Gasteiger partial charge on any atom is -0.317 e. The monoisotopic (exact) mass is 224 g/mol. The van der Waals surface area contributed by atoms with Crippen molar-refractivity contribution in [3.63, 3.8) is 0 Å². The average molecular weight is 224 g/mol. The SMILES string of the molecule is CCCC1(CN2CCC(C)C2)CCNCC1. The fraction of sp³-hybridized carbons (Fsp3) is 1.00. The van der Waals surface area contributed by atoms with Crippen LogP contribution in [0.5, 0.6) is 0 Å². The van der Waals surface area contributed by atoms with Crippen molar-refractivity contribution in [2.24, 2.45) is 11.3 Å². The molecule has 0 amide bonds. The molecule has 2 nitrogen and oxygen atoms in total. The second-order valence-corrected chi connectivity index (χ2v) is 6.13. The summed E-state index contributed by atoms with van der Waals surface area (Å²) in [5, 5.41) is 3.51. The number of likely N-dealkylation sites (tertiary alicyclic amines) is 1. The lowest BCUT2D eigenvalue weighted by Crippen LogP contribution is -2.44. The standard InChI is InChI=1S/C14H28N2/c1-3-5-14(6-8-15-9-7-14)12-16-10-4-13(2)11-16/h13,15H,3-12H2,1-2H3. The number of nitrogens with zero attached hydrogens (tertiary/aromatic N) is 1. The van der Waals surface area contributed by atoms with Crippen LogP contribution in [0.25, 0.3) is 0 Å². The van der Waals surface area contributed by atoms with Gasteiger partial charge in [-0.2, -0.15) is 0 Å². The van der Waals surface area contributed by atoms with E-state index < -0.39 is 0 Å². The first-order valence-electron chi connectivity index (χ1n) is 7.17. The maximum atomic E-state index is 3.51. The van der Waals surface area contributed by atoms with Gasteiger partial charge in [0.15, 0.2) is 0 Å². The predicted molar refractivity (Wildman–Crippen MR) is 69.7 cm³/mol. The molecule has 0 aliphatic carbocycles. The summed E-state index contributed by atoms with van der Waals surface area (Å²) < 4.78 is 0. The van der Waals surface area contributed by atoms with Crippen LogP contribution in [0.1, 0.15) is 46.0 Å². The third kappa shape index (κ3) is 2.98. The fourth-order valence-corrected chi connectivity index (χ4v) is 3.62. The van der Waals surface area contributed by atoms with E-state index in [0.717, 1.165) is 5.92 Å².